The Morgan fingerprint density at radius 2 is 2.11 bits per heavy atom. The van der Waals surface area contributed by atoms with Gasteiger partial charge in [-0.15, -0.1) is 0 Å². The smallest absolute Gasteiger partial charge is 0.272 e. The number of nitrogens with zero attached hydrogens (tertiary/aromatic N) is 1. The molecule has 1 aromatic heterocycles. The number of carbonyl (C=O) groups is 1. The minimum atomic E-state index is -0.141. The Bertz CT molecular complexity index is 577. The lowest BCUT2D eigenvalue weighted by atomic mass is 10.00. The van der Waals surface area contributed by atoms with E-state index >= 15 is 0 Å². The summed E-state index contributed by atoms with van der Waals surface area (Å²) in [5.41, 5.74) is 3.26. The van der Waals surface area contributed by atoms with Gasteiger partial charge in [-0.1, -0.05) is 30.3 Å². The van der Waals surface area contributed by atoms with Crippen molar-refractivity contribution >= 4 is 5.91 Å². The Hall–Kier alpha value is -2.14. The molecule has 5 heteroatoms. The van der Waals surface area contributed by atoms with Crippen molar-refractivity contribution < 1.29 is 9.53 Å². The van der Waals surface area contributed by atoms with Gasteiger partial charge < -0.3 is 10.1 Å². The van der Waals surface area contributed by atoms with Crippen LogP contribution in [-0.4, -0.2) is 23.2 Å². The Balaban J connectivity index is 2.07. The summed E-state index contributed by atoms with van der Waals surface area (Å²) in [5.74, 6) is -0.141. The van der Waals surface area contributed by atoms with Crippen molar-refractivity contribution in [2.45, 2.75) is 12.6 Å². The molecule has 1 unspecified atom stereocenters. The summed E-state index contributed by atoms with van der Waals surface area (Å²) in [6.45, 7) is 0.417. The van der Waals surface area contributed by atoms with E-state index in [0.717, 1.165) is 16.8 Å². The van der Waals surface area contributed by atoms with Gasteiger partial charge in [-0.25, -0.2) is 0 Å². The molecule has 0 saturated carbocycles. The van der Waals surface area contributed by atoms with Gasteiger partial charge >= 0.3 is 0 Å². The Morgan fingerprint density at radius 3 is 2.83 bits per heavy atom. The molecule has 1 aliphatic rings. The number of hydrogen-bond acceptors (Lipinski definition) is 3. The molecule has 1 aliphatic heterocycles. The number of benzene rings is 1. The molecule has 0 spiro atoms. The molecule has 0 aliphatic carbocycles. The van der Waals surface area contributed by atoms with Crippen molar-refractivity contribution in [2.75, 3.05) is 7.11 Å². The number of rotatable bonds is 3. The summed E-state index contributed by atoms with van der Waals surface area (Å²) in [6.07, 6.45) is 0. The fraction of sp³-hybridized carbons (Fsp3) is 0.231. The van der Waals surface area contributed by atoms with E-state index in [1.165, 1.54) is 0 Å². The number of ether oxygens (including phenoxy) is 1. The highest BCUT2D eigenvalue weighted by Gasteiger charge is 2.34. The standard InChI is InChI=1S/C13H13N3O2/c1-18-7-9-10-11(8-5-3-2-4-6-8)14-13(17)12(10)16-15-9/h2-6,11H,7H2,1H3,(H,14,17)(H,15,16). The van der Waals surface area contributed by atoms with Crippen molar-refractivity contribution in [3.63, 3.8) is 0 Å². The van der Waals surface area contributed by atoms with Crippen LogP contribution in [0.15, 0.2) is 30.3 Å². The van der Waals surface area contributed by atoms with Gasteiger partial charge in [0.15, 0.2) is 5.69 Å². The first-order valence-corrected chi connectivity index (χ1v) is 5.73. The molecular weight excluding hydrogens is 230 g/mol. The molecule has 2 N–H and O–H groups in total. The molecule has 1 amide bonds. The van der Waals surface area contributed by atoms with Gasteiger partial charge in [0.05, 0.1) is 18.3 Å². The van der Waals surface area contributed by atoms with Crippen molar-refractivity contribution in [2.24, 2.45) is 0 Å². The highest BCUT2D eigenvalue weighted by atomic mass is 16.5. The number of hydrogen-bond donors (Lipinski definition) is 2. The topological polar surface area (TPSA) is 67.0 Å². The van der Waals surface area contributed by atoms with Crippen LogP contribution in [0.2, 0.25) is 0 Å². The minimum Gasteiger partial charge on any atom is -0.378 e. The number of amides is 1. The Labute approximate surface area is 104 Å². The molecule has 2 heterocycles. The molecule has 92 valence electrons. The van der Waals surface area contributed by atoms with E-state index in [-0.39, 0.29) is 11.9 Å². The molecular formula is C13H13N3O2. The van der Waals surface area contributed by atoms with Crippen LogP contribution in [0.25, 0.3) is 0 Å². The van der Waals surface area contributed by atoms with Gasteiger partial charge in [0.25, 0.3) is 5.91 Å². The third-order valence-corrected chi connectivity index (χ3v) is 3.08. The maximum atomic E-state index is 11.8. The Morgan fingerprint density at radius 1 is 1.33 bits per heavy atom. The molecule has 0 radical (unpaired) electrons. The highest BCUT2D eigenvalue weighted by Crippen LogP contribution is 2.32. The van der Waals surface area contributed by atoms with Crippen molar-refractivity contribution in [1.29, 1.82) is 0 Å². The Kier molecular flexibility index (Phi) is 2.60. The van der Waals surface area contributed by atoms with Crippen molar-refractivity contribution in [3.8, 4) is 0 Å². The van der Waals surface area contributed by atoms with Gasteiger partial charge in [0, 0.05) is 12.7 Å². The second-order valence-electron chi connectivity index (χ2n) is 4.21. The average Bonchev–Trinajstić information content (AvgIpc) is 2.94. The summed E-state index contributed by atoms with van der Waals surface area (Å²) in [6, 6.07) is 9.70. The van der Waals surface area contributed by atoms with Gasteiger partial charge in [-0.05, 0) is 5.56 Å². The summed E-state index contributed by atoms with van der Waals surface area (Å²) in [4.78, 5) is 11.8. The number of methoxy groups -OCH3 is 1. The van der Waals surface area contributed by atoms with Crippen LogP contribution in [0.3, 0.4) is 0 Å². The summed E-state index contributed by atoms with van der Waals surface area (Å²) in [7, 11) is 1.62. The van der Waals surface area contributed by atoms with E-state index in [0.29, 0.717) is 12.3 Å². The molecule has 0 saturated heterocycles. The van der Waals surface area contributed by atoms with Crippen LogP contribution >= 0.6 is 0 Å². The van der Waals surface area contributed by atoms with E-state index in [4.69, 9.17) is 4.74 Å². The lowest BCUT2D eigenvalue weighted by Crippen LogP contribution is -2.21. The second-order valence-corrected chi connectivity index (χ2v) is 4.21. The van der Waals surface area contributed by atoms with E-state index in [1.807, 2.05) is 30.3 Å². The molecule has 5 nitrogen and oxygen atoms in total. The maximum Gasteiger partial charge on any atom is 0.272 e. The van der Waals surface area contributed by atoms with E-state index in [2.05, 4.69) is 15.5 Å². The zero-order chi connectivity index (χ0) is 12.5. The lowest BCUT2D eigenvalue weighted by molar-refractivity contribution is 0.0955. The normalized spacial score (nSPS) is 17.6. The quantitative estimate of drug-likeness (QED) is 0.856. The molecule has 3 rings (SSSR count). The number of aromatic amines is 1. The number of fused-ring (bicyclic) bond motifs is 1. The third kappa shape index (κ3) is 1.60. The van der Waals surface area contributed by atoms with Crippen molar-refractivity contribution in [1.82, 2.24) is 15.5 Å². The third-order valence-electron chi connectivity index (χ3n) is 3.08. The zero-order valence-electron chi connectivity index (χ0n) is 9.93. The predicted octanol–water partition coefficient (Wildman–Crippen LogP) is 1.39. The first-order chi connectivity index (χ1) is 8.81. The molecule has 2 aromatic rings. The molecule has 0 bridgehead atoms. The fourth-order valence-electron chi connectivity index (χ4n) is 2.29. The number of nitrogens with one attached hydrogen (secondary N) is 2. The number of aromatic nitrogens is 2. The van der Waals surface area contributed by atoms with Gasteiger partial charge in [0.2, 0.25) is 0 Å². The fourth-order valence-corrected chi connectivity index (χ4v) is 2.29. The number of H-pyrrole nitrogens is 1. The molecule has 0 fully saturated rings. The summed E-state index contributed by atoms with van der Waals surface area (Å²) >= 11 is 0. The largest absolute Gasteiger partial charge is 0.378 e. The minimum absolute atomic E-state index is 0.141. The monoisotopic (exact) mass is 243 g/mol. The first kappa shape index (κ1) is 11.0. The van der Waals surface area contributed by atoms with Crippen LogP contribution < -0.4 is 5.32 Å². The van der Waals surface area contributed by atoms with E-state index < -0.39 is 0 Å². The molecule has 18 heavy (non-hydrogen) atoms. The molecule has 1 atom stereocenters. The lowest BCUT2D eigenvalue weighted by Gasteiger charge is -2.12. The zero-order valence-corrected chi connectivity index (χ0v) is 9.93. The van der Waals surface area contributed by atoms with Gasteiger partial charge in [-0.3, -0.25) is 9.89 Å². The molecule has 1 aromatic carbocycles. The van der Waals surface area contributed by atoms with Gasteiger partial charge in [0.1, 0.15) is 0 Å². The average molecular weight is 243 g/mol. The first-order valence-electron chi connectivity index (χ1n) is 5.73. The predicted molar refractivity (Wildman–Crippen MR) is 65.1 cm³/mol. The van der Waals surface area contributed by atoms with Crippen LogP contribution in [0.1, 0.15) is 33.4 Å². The summed E-state index contributed by atoms with van der Waals surface area (Å²) in [5, 5.41) is 9.86. The van der Waals surface area contributed by atoms with Crippen LogP contribution in [0, 0.1) is 0 Å². The number of carbonyl (C=O) groups excluding carboxylic acids is 1. The highest BCUT2D eigenvalue weighted by molar-refractivity contribution is 5.98. The van der Waals surface area contributed by atoms with Crippen LogP contribution in [-0.2, 0) is 11.3 Å². The van der Waals surface area contributed by atoms with Crippen LogP contribution in [0.5, 0.6) is 0 Å². The SMILES string of the molecule is COCc1[nH]nc2c1C(c1ccccc1)NC2=O. The van der Waals surface area contributed by atoms with E-state index in [9.17, 15) is 4.79 Å². The van der Waals surface area contributed by atoms with E-state index in [1.54, 1.807) is 7.11 Å². The second kappa shape index (κ2) is 4.27. The van der Waals surface area contributed by atoms with Crippen LogP contribution in [0.4, 0.5) is 0 Å². The maximum absolute atomic E-state index is 11.8. The van der Waals surface area contributed by atoms with Crippen molar-refractivity contribution in [3.05, 3.63) is 52.8 Å². The van der Waals surface area contributed by atoms with Gasteiger partial charge in [-0.2, -0.15) is 5.10 Å². The summed E-state index contributed by atoms with van der Waals surface area (Å²) < 4.78 is 5.12.